The van der Waals surface area contributed by atoms with Crippen molar-refractivity contribution in [2.45, 2.75) is 19.6 Å². The molecular formula is C15H14ClNO4. The van der Waals surface area contributed by atoms with Crippen LogP contribution < -0.4 is 4.74 Å². The van der Waals surface area contributed by atoms with Crippen LogP contribution in [0.3, 0.4) is 0 Å². The summed E-state index contributed by atoms with van der Waals surface area (Å²) in [5, 5.41) is 21.1. The first-order valence-corrected chi connectivity index (χ1v) is 6.69. The van der Waals surface area contributed by atoms with E-state index in [-0.39, 0.29) is 12.3 Å². The summed E-state index contributed by atoms with van der Waals surface area (Å²) >= 11 is 6.04. The van der Waals surface area contributed by atoms with Crippen LogP contribution in [0.5, 0.6) is 5.75 Å². The monoisotopic (exact) mass is 307 g/mol. The lowest BCUT2D eigenvalue weighted by molar-refractivity contribution is -0.385. The number of hydrogen-bond acceptors (Lipinski definition) is 4. The fourth-order valence-electron chi connectivity index (χ4n) is 1.88. The zero-order valence-electron chi connectivity index (χ0n) is 11.3. The maximum Gasteiger partial charge on any atom is 0.270 e. The summed E-state index contributed by atoms with van der Waals surface area (Å²) in [7, 11) is 0. The summed E-state index contributed by atoms with van der Waals surface area (Å²) < 4.78 is 5.63. The number of aliphatic hydroxyl groups excluding tert-OH is 1. The second-order valence-electron chi connectivity index (χ2n) is 4.54. The number of aliphatic hydroxyl groups is 1. The minimum atomic E-state index is -0.869. The van der Waals surface area contributed by atoms with Crippen LogP contribution in [0.25, 0.3) is 0 Å². The predicted molar refractivity (Wildman–Crippen MR) is 79.5 cm³/mol. The van der Waals surface area contributed by atoms with Gasteiger partial charge in [-0.05, 0) is 19.1 Å². The van der Waals surface area contributed by atoms with E-state index in [2.05, 4.69) is 0 Å². The average Bonchev–Trinajstić information content (AvgIpc) is 2.46. The standard InChI is InChI=1S/C15H14ClNO4/c1-10(18)13-8-12(17(19)20)6-7-15(13)21-9-11-4-2-3-5-14(11)16/h2-8,10,18H,9H2,1H3/t10-/m1/s1. The Morgan fingerprint density at radius 3 is 2.67 bits per heavy atom. The van der Waals surface area contributed by atoms with Gasteiger partial charge in [-0.3, -0.25) is 10.1 Å². The van der Waals surface area contributed by atoms with Gasteiger partial charge in [-0.1, -0.05) is 29.8 Å². The van der Waals surface area contributed by atoms with Crippen molar-refractivity contribution in [3.63, 3.8) is 0 Å². The molecule has 1 atom stereocenters. The third-order valence-electron chi connectivity index (χ3n) is 3.00. The number of nitro benzene ring substituents is 1. The normalized spacial score (nSPS) is 12.0. The highest BCUT2D eigenvalue weighted by Gasteiger charge is 2.15. The quantitative estimate of drug-likeness (QED) is 0.672. The van der Waals surface area contributed by atoms with E-state index in [9.17, 15) is 15.2 Å². The molecule has 0 bridgehead atoms. The van der Waals surface area contributed by atoms with E-state index in [0.29, 0.717) is 16.3 Å². The molecule has 2 aromatic rings. The zero-order valence-corrected chi connectivity index (χ0v) is 12.1. The molecule has 2 aromatic carbocycles. The lowest BCUT2D eigenvalue weighted by Gasteiger charge is -2.13. The maximum absolute atomic E-state index is 10.8. The van der Waals surface area contributed by atoms with Crippen molar-refractivity contribution in [2.75, 3.05) is 0 Å². The average molecular weight is 308 g/mol. The van der Waals surface area contributed by atoms with Gasteiger partial charge >= 0.3 is 0 Å². The van der Waals surface area contributed by atoms with E-state index < -0.39 is 11.0 Å². The predicted octanol–water partition coefficient (Wildman–Crippen LogP) is 3.88. The Hall–Kier alpha value is -2.11. The van der Waals surface area contributed by atoms with Crippen LogP contribution in [0.15, 0.2) is 42.5 Å². The minimum absolute atomic E-state index is 0.0870. The van der Waals surface area contributed by atoms with Gasteiger partial charge in [0.05, 0.1) is 11.0 Å². The van der Waals surface area contributed by atoms with Crippen LogP contribution in [0.1, 0.15) is 24.2 Å². The lowest BCUT2D eigenvalue weighted by atomic mass is 10.1. The molecule has 0 heterocycles. The Bertz CT molecular complexity index is 658. The Morgan fingerprint density at radius 2 is 2.05 bits per heavy atom. The van der Waals surface area contributed by atoms with E-state index >= 15 is 0 Å². The van der Waals surface area contributed by atoms with Crippen molar-refractivity contribution < 1.29 is 14.8 Å². The molecule has 110 valence electrons. The van der Waals surface area contributed by atoms with E-state index in [1.807, 2.05) is 18.2 Å². The number of benzene rings is 2. The molecule has 0 saturated heterocycles. The first-order chi connectivity index (χ1) is 9.99. The van der Waals surface area contributed by atoms with Gasteiger partial charge in [0, 0.05) is 28.3 Å². The van der Waals surface area contributed by atoms with Gasteiger partial charge in [-0.2, -0.15) is 0 Å². The lowest BCUT2D eigenvalue weighted by Crippen LogP contribution is -2.02. The second kappa shape index (κ2) is 6.56. The van der Waals surface area contributed by atoms with Gasteiger partial charge < -0.3 is 9.84 Å². The first kappa shape index (κ1) is 15.3. The van der Waals surface area contributed by atoms with E-state index in [0.717, 1.165) is 5.56 Å². The van der Waals surface area contributed by atoms with Gasteiger partial charge in [-0.15, -0.1) is 0 Å². The van der Waals surface area contributed by atoms with E-state index in [1.54, 1.807) is 6.07 Å². The number of non-ortho nitro benzene ring substituents is 1. The second-order valence-corrected chi connectivity index (χ2v) is 4.94. The van der Waals surface area contributed by atoms with Crippen molar-refractivity contribution in [1.82, 2.24) is 0 Å². The van der Waals surface area contributed by atoms with Crippen LogP contribution in [-0.2, 0) is 6.61 Å². The fraction of sp³-hybridized carbons (Fsp3) is 0.200. The third kappa shape index (κ3) is 3.71. The van der Waals surface area contributed by atoms with Gasteiger partial charge in [0.1, 0.15) is 12.4 Å². The summed E-state index contributed by atoms with van der Waals surface area (Å²) in [6, 6.07) is 11.4. The first-order valence-electron chi connectivity index (χ1n) is 6.31. The van der Waals surface area contributed by atoms with Gasteiger partial charge in [0.25, 0.3) is 5.69 Å². The molecule has 0 aliphatic rings. The molecule has 1 N–H and O–H groups in total. The summed E-state index contributed by atoms with van der Waals surface area (Å²) in [6.07, 6.45) is -0.869. The molecule has 0 unspecified atom stereocenters. The van der Waals surface area contributed by atoms with Gasteiger partial charge in [-0.25, -0.2) is 0 Å². The van der Waals surface area contributed by atoms with Crippen molar-refractivity contribution in [1.29, 1.82) is 0 Å². The summed E-state index contributed by atoms with van der Waals surface area (Å²) in [6.45, 7) is 1.75. The zero-order chi connectivity index (χ0) is 15.4. The van der Waals surface area contributed by atoms with E-state index in [1.165, 1.54) is 25.1 Å². The van der Waals surface area contributed by atoms with Crippen molar-refractivity contribution in [3.05, 3.63) is 68.7 Å². The molecular weight excluding hydrogens is 294 g/mol. The Balaban J connectivity index is 2.23. The SMILES string of the molecule is C[C@@H](O)c1cc([N+](=O)[O-])ccc1OCc1ccccc1Cl. The van der Waals surface area contributed by atoms with Crippen molar-refractivity contribution in [2.24, 2.45) is 0 Å². The molecule has 0 radical (unpaired) electrons. The van der Waals surface area contributed by atoms with Crippen molar-refractivity contribution >= 4 is 17.3 Å². The van der Waals surface area contributed by atoms with Crippen LogP contribution in [0.2, 0.25) is 5.02 Å². The highest BCUT2D eigenvalue weighted by atomic mass is 35.5. The molecule has 2 rings (SSSR count). The molecule has 0 aromatic heterocycles. The van der Waals surface area contributed by atoms with Crippen LogP contribution in [0.4, 0.5) is 5.69 Å². The Kier molecular flexibility index (Phi) is 4.77. The van der Waals surface area contributed by atoms with Gasteiger partial charge in [0.2, 0.25) is 0 Å². The van der Waals surface area contributed by atoms with Gasteiger partial charge in [0.15, 0.2) is 0 Å². The highest BCUT2D eigenvalue weighted by molar-refractivity contribution is 6.31. The molecule has 5 nitrogen and oxygen atoms in total. The number of ether oxygens (including phenoxy) is 1. The Labute approximate surface area is 126 Å². The van der Waals surface area contributed by atoms with Crippen molar-refractivity contribution in [3.8, 4) is 5.75 Å². The fourth-order valence-corrected chi connectivity index (χ4v) is 2.07. The number of hydrogen-bond donors (Lipinski definition) is 1. The summed E-state index contributed by atoms with van der Waals surface area (Å²) in [4.78, 5) is 10.3. The molecule has 0 amide bonds. The molecule has 21 heavy (non-hydrogen) atoms. The highest BCUT2D eigenvalue weighted by Crippen LogP contribution is 2.30. The van der Waals surface area contributed by atoms with Crippen LogP contribution in [-0.4, -0.2) is 10.0 Å². The third-order valence-corrected chi connectivity index (χ3v) is 3.36. The number of halogens is 1. The maximum atomic E-state index is 10.8. The topological polar surface area (TPSA) is 72.6 Å². The number of nitrogens with zero attached hydrogens (tertiary/aromatic N) is 1. The largest absolute Gasteiger partial charge is 0.488 e. The van der Waals surface area contributed by atoms with E-state index in [4.69, 9.17) is 16.3 Å². The molecule has 6 heteroatoms. The minimum Gasteiger partial charge on any atom is -0.488 e. The smallest absolute Gasteiger partial charge is 0.270 e. The summed E-state index contributed by atoms with van der Waals surface area (Å²) in [5.74, 6) is 0.399. The molecule has 0 aliphatic heterocycles. The number of rotatable bonds is 5. The molecule has 0 saturated carbocycles. The molecule has 0 fully saturated rings. The number of nitro groups is 1. The molecule has 0 spiro atoms. The summed E-state index contributed by atoms with van der Waals surface area (Å²) in [5.41, 5.74) is 1.08. The van der Waals surface area contributed by atoms with Crippen LogP contribution >= 0.6 is 11.6 Å². The Morgan fingerprint density at radius 1 is 1.33 bits per heavy atom. The molecule has 0 aliphatic carbocycles. The van der Waals surface area contributed by atoms with Crippen LogP contribution in [0, 0.1) is 10.1 Å².